The average molecular weight is 270 g/mol. The largest absolute Gasteiger partial charge is 0.439 e. The quantitative estimate of drug-likeness (QED) is 0.857. The summed E-state index contributed by atoms with van der Waals surface area (Å²) in [6, 6.07) is 12.5. The van der Waals surface area contributed by atoms with E-state index in [0.29, 0.717) is 5.88 Å². The van der Waals surface area contributed by atoms with Crippen LogP contribution in [0.25, 0.3) is 0 Å². The number of aryl methyl sites for hydroxylation is 1. The lowest BCUT2D eigenvalue weighted by molar-refractivity contribution is 0.460. The summed E-state index contributed by atoms with van der Waals surface area (Å²) in [6.45, 7) is 4.29. The van der Waals surface area contributed by atoms with E-state index in [1.165, 1.54) is 11.1 Å². The molecule has 1 unspecified atom stereocenters. The van der Waals surface area contributed by atoms with Crippen molar-refractivity contribution in [1.82, 2.24) is 10.3 Å². The smallest absolute Gasteiger partial charge is 0.219 e. The molecule has 106 valence electrons. The second kappa shape index (κ2) is 7.06. The molecule has 1 heterocycles. The predicted molar refractivity (Wildman–Crippen MR) is 82.2 cm³/mol. The first kappa shape index (κ1) is 14.5. The molecule has 1 N–H and O–H groups in total. The predicted octanol–water partition coefficient (Wildman–Crippen LogP) is 4.11. The lowest BCUT2D eigenvalue weighted by Gasteiger charge is -2.12. The molecule has 0 radical (unpaired) electrons. The molecule has 0 saturated heterocycles. The molecule has 3 nitrogen and oxygen atoms in total. The van der Waals surface area contributed by atoms with Gasteiger partial charge in [-0.25, -0.2) is 4.98 Å². The number of pyridine rings is 1. The molecule has 0 fully saturated rings. The molecule has 0 amide bonds. The van der Waals surface area contributed by atoms with E-state index in [1.54, 1.807) is 6.20 Å². The van der Waals surface area contributed by atoms with E-state index in [-0.39, 0.29) is 6.04 Å². The third-order valence-corrected chi connectivity index (χ3v) is 3.38. The van der Waals surface area contributed by atoms with Gasteiger partial charge in [0.1, 0.15) is 5.75 Å². The van der Waals surface area contributed by atoms with Gasteiger partial charge in [0.2, 0.25) is 5.88 Å². The van der Waals surface area contributed by atoms with E-state index in [0.717, 1.165) is 18.6 Å². The van der Waals surface area contributed by atoms with Crippen LogP contribution in [-0.2, 0) is 6.42 Å². The second-order valence-corrected chi connectivity index (χ2v) is 4.93. The van der Waals surface area contributed by atoms with Crippen LogP contribution in [0, 0.1) is 0 Å². The van der Waals surface area contributed by atoms with Gasteiger partial charge in [0, 0.05) is 18.3 Å². The Labute approximate surface area is 121 Å². The number of nitrogens with one attached hydrogen (secondary N) is 1. The van der Waals surface area contributed by atoms with Crippen LogP contribution in [0.3, 0.4) is 0 Å². The monoisotopic (exact) mass is 270 g/mol. The fraction of sp³-hybridized carbons (Fsp3) is 0.353. The van der Waals surface area contributed by atoms with E-state index in [4.69, 9.17) is 4.74 Å². The summed E-state index contributed by atoms with van der Waals surface area (Å²) in [6.07, 6.45) is 4.05. The molecule has 0 spiro atoms. The number of ether oxygens (including phenoxy) is 1. The zero-order valence-electron chi connectivity index (χ0n) is 12.4. The maximum absolute atomic E-state index is 5.81. The summed E-state index contributed by atoms with van der Waals surface area (Å²) < 4.78 is 5.81. The van der Waals surface area contributed by atoms with Gasteiger partial charge in [0.15, 0.2) is 0 Å². The second-order valence-electron chi connectivity index (χ2n) is 4.93. The Morgan fingerprint density at radius 3 is 2.60 bits per heavy atom. The highest BCUT2D eigenvalue weighted by molar-refractivity contribution is 5.32. The number of rotatable bonds is 6. The lowest BCUT2D eigenvalue weighted by atomic mass is 10.1. The van der Waals surface area contributed by atoms with Crippen molar-refractivity contribution >= 4 is 0 Å². The van der Waals surface area contributed by atoms with E-state index in [9.17, 15) is 0 Å². The average Bonchev–Trinajstić information content (AvgIpc) is 2.49. The third kappa shape index (κ3) is 3.81. The van der Waals surface area contributed by atoms with Crippen LogP contribution in [0.15, 0.2) is 42.6 Å². The summed E-state index contributed by atoms with van der Waals surface area (Å²) >= 11 is 0. The topological polar surface area (TPSA) is 34.1 Å². The Hall–Kier alpha value is -1.87. The van der Waals surface area contributed by atoms with Gasteiger partial charge in [-0.1, -0.05) is 25.5 Å². The number of nitrogens with zero attached hydrogens (tertiary/aromatic N) is 1. The number of hydrogen-bond donors (Lipinski definition) is 1. The Kier molecular flexibility index (Phi) is 5.13. The van der Waals surface area contributed by atoms with Gasteiger partial charge in [0.25, 0.3) is 0 Å². The highest BCUT2D eigenvalue weighted by Crippen LogP contribution is 2.22. The Balaban J connectivity index is 2.09. The van der Waals surface area contributed by atoms with Crippen molar-refractivity contribution in [2.24, 2.45) is 0 Å². The summed E-state index contributed by atoms with van der Waals surface area (Å²) in [7, 11) is 1.94. The summed E-state index contributed by atoms with van der Waals surface area (Å²) in [5, 5.41) is 3.21. The molecule has 0 aliphatic heterocycles. The zero-order chi connectivity index (χ0) is 14.4. The highest BCUT2D eigenvalue weighted by Gasteiger charge is 2.05. The van der Waals surface area contributed by atoms with Crippen molar-refractivity contribution in [3.8, 4) is 11.6 Å². The van der Waals surface area contributed by atoms with E-state index < -0.39 is 0 Å². The first-order chi connectivity index (χ1) is 9.72. The van der Waals surface area contributed by atoms with Crippen LogP contribution in [0.5, 0.6) is 11.6 Å². The van der Waals surface area contributed by atoms with Crippen molar-refractivity contribution in [2.45, 2.75) is 32.7 Å². The molecule has 1 aromatic heterocycles. The molecule has 20 heavy (non-hydrogen) atoms. The SMILES string of the molecule is CCCc1ccc(Oc2cc(C(C)NC)ccn2)cc1. The fourth-order valence-corrected chi connectivity index (χ4v) is 2.05. The molecule has 0 aliphatic carbocycles. The van der Waals surface area contributed by atoms with Crippen molar-refractivity contribution < 1.29 is 4.74 Å². The molecule has 3 heteroatoms. The molecule has 2 aromatic rings. The molecule has 1 atom stereocenters. The van der Waals surface area contributed by atoms with Crippen LogP contribution in [-0.4, -0.2) is 12.0 Å². The molecule has 0 aliphatic rings. The van der Waals surface area contributed by atoms with Gasteiger partial charge in [0.05, 0.1) is 0 Å². The van der Waals surface area contributed by atoms with Crippen LogP contribution in [0.2, 0.25) is 0 Å². The van der Waals surface area contributed by atoms with Crippen LogP contribution in [0.1, 0.15) is 37.4 Å². The number of hydrogen-bond acceptors (Lipinski definition) is 3. The minimum Gasteiger partial charge on any atom is -0.439 e. The van der Waals surface area contributed by atoms with Crippen molar-refractivity contribution in [1.29, 1.82) is 0 Å². The Morgan fingerprint density at radius 2 is 1.95 bits per heavy atom. The van der Waals surface area contributed by atoms with Gasteiger partial charge >= 0.3 is 0 Å². The molecule has 2 rings (SSSR count). The van der Waals surface area contributed by atoms with Crippen LogP contribution in [0.4, 0.5) is 0 Å². The normalized spacial score (nSPS) is 12.2. The maximum Gasteiger partial charge on any atom is 0.219 e. The molecule has 1 aromatic carbocycles. The van der Waals surface area contributed by atoms with E-state index >= 15 is 0 Å². The maximum atomic E-state index is 5.81. The minimum absolute atomic E-state index is 0.285. The molecular formula is C17H22N2O. The van der Waals surface area contributed by atoms with Crippen molar-refractivity contribution in [3.63, 3.8) is 0 Å². The zero-order valence-corrected chi connectivity index (χ0v) is 12.4. The summed E-state index contributed by atoms with van der Waals surface area (Å²) in [5.41, 5.74) is 2.51. The molecular weight excluding hydrogens is 248 g/mol. The highest BCUT2D eigenvalue weighted by atomic mass is 16.5. The third-order valence-electron chi connectivity index (χ3n) is 3.38. The van der Waals surface area contributed by atoms with E-state index in [1.807, 2.05) is 31.3 Å². The van der Waals surface area contributed by atoms with Crippen molar-refractivity contribution in [2.75, 3.05) is 7.05 Å². The van der Waals surface area contributed by atoms with Gasteiger partial charge in [-0.2, -0.15) is 0 Å². The first-order valence-electron chi connectivity index (χ1n) is 7.13. The minimum atomic E-state index is 0.285. The standard InChI is InChI=1S/C17H22N2O/c1-4-5-14-6-8-16(9-7-14)20-17-12-15(10-11-19-17)13(2)18-3/h6-13,18H,4-5H2,1-3H3. The van der Waals surface area contributed by atoms with Crippen LogP contribution < -0.4 is 10.1 Å². The summed E-state index contributed by atoms with van der Waals surface area (Å²) in [5.74, 6) is 1.46. The van der Waals surface area contributed by atoms with Gasteiger partial charge < -0.3 is 10.1 Å². The number of benzene rings is 1. The summed E-state index contributed by atoms with van der Waals surface area (Å²) in [4.78, 5) is 4.26. The van der Waals surface area contributed by atoms with Gasteiger partial charge in [-0.05, 0) is 49.7 Å². The fourth-order valence-electron chi connectivity index (χ4n) is 2.05. The van der Waals surface area contributed by atoms with E-state index in [2.05, 4.69) is 36.3 Å². The Morgan fingerprint density at radius 1 is 1.20 bits per heavy atom. The molecule has 0 saturated carbocycles. The molecule has 0 bridgehead atoms. The Bertz CT molecular complexity index is 537. The van der Waals surface area contributed by atoms with Gasteiger partial charge in [-0.3, -0.25) is 0 Å². The van der Waals surface area contributed by atoms with Gasteiger partial charge in [-0.15, -0.1) is 0 Å². The van der Waals surface area contributed by atoms with Crippen molar-refractivity contribution in [3.05, 3.63) is 53.7 Å². The number of aromatic nitrogens is 1. The lowest BCUT2D eigenvalue weighted by Crippen LogP contribution is -2.12. The first-order valence-corrected chi connectivity index (χ1v) is 7.13. The van der Waals surface area contributed by atoms with Crippen LogP contribution >= 0.6 is 0 Å².